The van der Waals surface area contributed by atoms with Gasteiger partial charge in [0.05, 0.1) is 5.70 Å². The maximum absolute atomic E-state index is 5.25. The number of rotatable bonds is 3. The molecular weight excluding hydrogens is 150 g/mol. The van der Waals surface area contributed by atoms with Crippen LogP contribution < -0.4 is 5.32 Å². The molecule has 1 N–H and O–H groups in total. The van der Waals surface area contributed by atoms with E-state index in [9.17, 15) is 0 Å². The van der Waals surface area contributed by atoms with Crippen molar-refractivity contribution in [2.24, 2.45) is 5.92 Å². The third-order valence-electron chi connectivity index (χ3n) is 1.59. The molecule has 66 valence electrons. The zero-order valence-corrected chi connectivity index (χ0v) is 7.63. The van der Waals surface area contributed by atoms with Crippen LogP contribution in [0.3, 0.4) is 0 Å². The molecular formula is C10H15NO. The number of nitrogens with one attached hydrogen (secondary N) is 1. The van der Waals surface area contributed by atoms with Crippen molar-refractivity contribution in [2.45, 2.75) is 13.8 Å². The molecule has 1 heterocycles. The Hall–Kier alpha value is -1.18. The summed E-state index contributed by atoms with van der Waals surface area (Å²) >= 11 is 0. The normalized spacial score (nSPS) is 16.9. The van der Waals surface area contributed by atoms with E-state index in [-0.39, 0.29) is 0 Å². The first-order valence-corrected chi connectivity index (χ1v) is 4.15. The average Bonchev–Trinajstić information content (AvgIpc) is 2.47. The van der Waals surface area contributed by atoms with Crippen LogP contribution in [0.25, 0.3) is 0 Å². The topological polar surface area (TPSA) is 21.3 Å². The van der Waals surface area contributed by atoms with Gasteiger partial charge in [-0.25, -0.2) is 0 Å². The van der Waals surface area contributed by atoms with Gasteiger partial charge in [-0.15, -0.1) is 0 Å². The molecule has 0 amide bonds. The minimum atomic E-state index is 0.555. The summed E-state index contributed by atoms with van der Waals surface area (Å²) in [6, 6.07) is 0. The highest BCUT2D eigenvalue weighted by atomic mass is 16.5. The van der Waals surface area contributed by atoms with Gasteiger partial charge < -0.3 is 10.1 Å². The van der Waals surface area contributed by atoms with Gasteiger partial charge in [0.1, 0.15) is 5.76 Å². The predicted molar refractivity (Wildman–Crippen MR) is 50.3 cm³/mol. The fourth-order valence-electron chi connectivity index (χ4n) is 0.955. The molecule has 12 heavy (non-hydrogen) atoms. The number of hydrogen-bond donors (Lipinski definition) is 1. The molecule has 0 aromatic heterocycles. The van der Waals surface area contributed by atoms with Gasteiger partial charge in [0, 0.05) is 0 Å². The Labute approximate surface area is 73.6 Å². The van der Waals surface area contributed by atoms with Gasteiger partial charge in [-0.3, -0.25) is 0 Å². The molecule has 0 radical (unpaired) electrons. The van der Waals surface area contributed by atoms with Crippen molar-refractivity contribution in [1.82, 2.24) is 5.32 Å². The van der Waals surface area contributed by atoms with Crippen LogP contribution in [-0.4, -0.2) is 6.73 Å². The smallest absolute Gasteiger partial charge is 0.159 e. The molecule has 0 atom stereocenters. The van der Waals surface area contributed by atoms with Crippen LogP contribution in [0.1, 0.15) is 13.8 Å². The molecule has 2 heteroatoms. The highest BCUT2D eigenvalue weighted by molar-refractivity contribution is 5.29. The molecule has 1 aliphatic rings. The zero-order valence-electron chi connectivity index (χ0n) is 7.63. The van der Waals surface area contributed by atoms with Gasteiger partial charge in [-0.05, 0) is 18.1 Å². The van der Waals surface area contributed by atoms with E-state index in [2.05, 4.69) is 31.8 Å². The highest BCUT2D eigenvalue weighted by Crippen LogP contribution is 2.12. The molecule has 0 aromatic rings. The first kappa shape index (κ1) is 8.91. The molecule has 0 saturated carbocycles. The summed E-state index contributed by atoms with van der Waals surface area (Å²) in [7, 11) is 0. The number of allylic oxidation sites excluding steroid dienone is 3. The molecule has 0 bridgehead atoms. The van der Waals surface area contributed by atoms with Crippen molar-refractivity contribution in [3.8, 4) is 0 Å². The summed E-state index contributed by atoms with van der Waals surface area (Å²) in [5.74, 6) is 1.40. The van der Waals surface area contributed by atoms with E-state index in [1.165, 1.54) is 0 Å². The van der Waals surface area contributed by atoms with Crippen LogP contribution in [0.4, 0.5) is 0 Å². The maximum Gasteiger partial charge on any atom is 0.159 e. The van der Waals surface area contributed by atoms with Crippen molar-refractivity contribution in [3.63, 3.8) is 0 Å². The summed E-state index contributed by atoms with van der Waals surface area (Å²) < 4.78 is 5.25. The van der Waals surface area contributed by atoms with Crippen LogP contribution in [0.15, 0.2) is 36.3 Å². The first-order chi connectivity index (χ1) is 5.74. The van der Waals surface area contributed by atoms with Crippen molar-refractivity contribution >= 4 is 0 Å². The van der Waals surface area contributed by atoms with Crippen LogP contribution >= 0.6 is 0 Å². The maximum atomic E-state index is 5.25. The van der Waals surface area contributed by atoms with Gasteiger partial charge in [-0.2, -0.15) is 0 Å². The van der Waals surface area contributed by atoms with Gasteiger partial charge in [0.25, 0.3) is 0 Å². The summed E-state index contributed by atoms with van der Waals surface area (Å²) in [6.45, 7) is 8.50. The van der Waals surface area contributed by atoms with Crippen molar-refractivity contribution in [1.29, 1.82) is 0 Å². The lowest BCUT2D eigenvalue weighted by molar-refractivity contribution is 0.244. The molecule has 1 aliphatic heterocycles. The van der Waals surface area contributed by atoms with Crippen molar-refractivity contribution in [2.75, 3.05) is 6.73 Å². The molecule has 0 unspecified atom stereocenters. The Balaban J connectivity index is 2.66. The molecule has 1 rings (SSSR count). The monoisotopic (exact) mass is 165 g/mol. The van der Waals surface area contributed by atoms with E-state index in [1.807, 2.05) is 6.08 Å². The molecule has 0 aromatic carbocycles. The van der Waals surface area contributed by atoms with E-state index in [1.54, 1.807) is 6.08 Å². The third kappa shape index (κ3) is 2.16. The van der Waals surface area contributed by atoms with Crippen LogP contribution in [-0.2, 0) is 4.74 Å². The Morgan fingerprint density at radius 3 is 2.92 bits per heavy atom. The lowest BCUT2D eigenvalue weighted by Gasteiger charge is -1.96. The van der Waals surface area contributed by atoms with Crippen LogP contribution in [0, 0.1) is 5.92 Å². The van der Waals surface area contributed by atoms with Crippen molar-refractivity contribution < 1.29 is 4.74 Å². The number of hydrogen-bond acceptors (Lipinski definition) is 2. The summed E-state index contributed by atoms with van der Waals surface area (Å²) in [6.07, 6.45) is 5.88. The van der Waals surface area contributed by atoms with Gasteiger partial charge in [0.15, 0.2) is 6.73 Å². The predicted octanol–water partition coefficient (Wildman–Crippen LogP) is 2.17. The standard InChI is InChI=1S/C10H15NO/c1-4-10-9(11-7-12-10)6-5-8(2)3/h4-6,8,11H,1,7H2,2-3H3/b6-5-. The highest BCUT2D eigenvalue weighted by Gasteiger charge is 2.08. The molecule has 2 nitrogen and oxygen atoms in total. The second-order valence-corrected chi connectivity index (χ2v) is 3.05. The molecule has 0 fully saturated rings. The second kappa shape index (κ2) is 4.00. The second-order valence-electron chi connectivity index (χ2n) is 3.05. The molecule has 0 aliphatic carbocycles. The first-order valence-electron chi connectivity index (χ1n) is 4.15. The van der Waals surface area contributed by atoms with Crippen molar-refractivity contribution in [3.05, 3.63) is 36.3 Å². The van der Waals surface area contributed by atoms with E-state index < -0.39 is 0 Å². The van der Waals surface area contributed by atoms with Gasteiger partial charge in [-0.1, -0.05) is 26.5 Å². The summed E-state index contributed by atoms with van der Waals surface area (Å²) in [4.78, 5) is 0. The van der Waals surface area contributed by atoms with E-state index >= 15 is 0 Å². The minimum absolute atomic E-state index is 0.555. The van der Waals surface area contributed by atoms with E-state index in [4.69, 9.17) is 4.74 Å². The SMILES string of the molecule is C=CC1=C(/C=C\C(C)C)NCO1. The Kier molecular flexibility index (Phi) is 2.97. The largest absolute Gasteiger partial charge is 0.471 e. The lowest BCUT2D eigenvalue weighted by atomic mass is 10.2. The average molecular weight is 165 g/mol. The minimum Gasteiger partial charge on any atom is -0.471 e. The van der Waals surface area contributed by atoms with E-state index in [0.717, 1.165) is 11.5 Å². The lowest BCUT2D eigenvalue weighted by Crippen LogP contribution is -2.05. The van der Waals surface area contributed by atoms with Gasteiger partial charge in [0.2, 0.25) is 0 Å². The molecule has 0 saturated heterocycles. The summed E-state index contributed by atoms with van der Waals surface area (Å²) in [5, 5.41) is 3.11. The fourth-order valence-corrected chi connectivity index (χ4v) is 0.955. The quantitative estimate of drug-likeness (QED) is 0.692. The van der Waals surface area contributed by atoms with Crippen LogP contribution in [0.2, 0.25) is 0 Å². The van der Waals surface area contributed by atoms with Gasteiger partial charge >= 0.3 is 0 Å². The van der Waals surface area contributed by atoms with Crippen LogP contribution in [0.5, 0.6) is 0 Å². The molecule has 0 spiro atoms. The fraction of sp³-hybridized carbons (Fsp3) is 0.400. The van der Waals surface area contributed by atoms with E-state index in [0.29, 0.717) is 12.6 Å². The Morgan fingerprint density at radius 2 is 2.33 bits per heavy atom. The Morgan fingerprint density at radius 1 is 1.58 bits per heavy atom. The summed E-state index contributed by atoms with van der Waals surface area (Å²) in [5.41, 5.74) is 1.03. The number of ether oxygens (including phenoxy) is 1. The third-order valence-corrected chi connectivity index (χ3v) is 1.59. The zero-order chi connectivity index (χ0) is 8.97. The Bertz CT molecular complexity index is 226.